The normalized spacial score (nSPS) is 14.1. The average molecular weight is 105 g/mol. The molecule has 43 valence electrons. The molecular weight excluding hydrogens is 96.0 g/mol. The molecule has 0 aliphatic carbocycles. The Balaban J connectivity index is 2.83. The van der Waals surface area contributed by atoms with Crippen molar-refractivity contribution < 1.29 is 15.3 Å². The van der Waals surface area contributed by atoms with Crippen molar-refractivity contribution in [3.63, 3.8) is 0 Å². The summed E-state index contributed by atoms with van der Waals surface area (Å²) < 4.78 is 0. The van der Waals surface area contributed by atoms with Gasteiger partial charge in [0.05, 0.1) is 6.10 Å². The first kappa shape index (κ1) is 6.88. The minimum Gasteiger partial charge on any atom is -0.396 e. The highest BCUT2D eigenvalue weighted by Gasteiger charge is 1.98. The van der Waals surface area contributed by atoms with Crippen LogP contribution in [-0.2, 0) is 5.11 Å². The van der Waals surface area contributed by atoms with Crippen molar-refractivity contribution in [1.82, 2.24) is 0 Å². The van der Waals surface area contributed by atoms with Gasteiger partial charge < -0.3 is 10.2 Å². The van der Waals surface area contributed by atoms with Crippen LogP contribution in [0.5, 0.6) is 0 Å². The first-order valence-electron chi connectivity index (χ1n) is 2.18. The Bertz CT molecular complexity index is 37.9. The Morgan fingerprint density at radius 2 is 2.14 bits per heavy atom. The van der Waals surface area contributed by atoms with E-state index in [2.05, 4.69) is 0 Å². The van der Waals surface area contributed by atoms with Crippen LogP contribution in [0.2, 0.25) is 0 Å². The molecule has 0 amide bonds. The fourth-order valence-corrected chi connectivity index (χ4v) is 0.232. The fourth-order valence-electron chi connectivity index (χ4n) is 0.232. The van der Waals surface area contributed by atoms with Crippen LogP contribution in [0.3, 0.4) is 0 Å². The minimum absolute atomic E-state index is 0.108. The molecule has 0 saturated heterocycles. The van der Waals surface area contributed by atoms with Crippen LogP contribution in [0.15, 0.2) is 0 Å². The van der Waals surface area contributed by atoms with Crippen molar-refractivity contribution in [2.24, 2.45) is 0 Å². The van der Waals surface area contributed by atoms with E-state index in [1.165, 1.54) is 0 Å². The van der Waals surface area contributed by atoms with Gasteiger partial charge in [-0.1, -0.05) is 0 Å². The Kier molecular flexibility index (Phi) is 3.98. The Morgan fingerprint density at radius 3 is 2.29 bits per heavy atom. The zero-order chi connectivity index (χ0) is 5.70. The van der Waals surface area contributed by atoms with E-state index in [0.29, 0.717) is 0 Å². The summed E-state index contributed by atoms with van der Waals surface area (Å²) in [5.74, 6) is 0. The zero-order valence-electron chi connectivity index (χ0n) is 4.00. The third-order valence-corrected chi connectivity index (χ3v) is 0.655. The fraction of sp³-hybridized carbons (Fsp3) is 1.00. The van der Waals surface area contributed by atoms with Crippen molar-refractivity contribution in [2.45, 2.75) is 12.5 Å². The lowest BCUT2D eigenvalue weighted by Gasteiger charge is -1.99. The standard InChI is InChI=1S/C4H9O3/c5-2-1-4(7)3-6/h4-5,7H,1-3H2/t4-/m1/s1. The molecular formula is C4H9O3. The van der Waals surface area contributed by atoms with Gasteiger partial charge in [-0.05, 0) is 6.42 Å². The van der Waals surface area contributed by atoms with Gasteiger partial charge in [-0.3, -0.25) is 0 Å². The molecule has 0 aliphatic heterocycles. The molecule has 2 N–H and O–H groups in total. The van der Waals surface area contributed by atoms with Gasteiger partial charge in [-0.15, -0.1) is 0 Å². The molecule has 0 spiro atoms. The third-order valence-electron chi connectivity index (χ3n) is 0.655. The van der Waals surface area contributed by atoms with Gasteiger partial charge in [-0.25, -0.2) is 5.11 Å². The van der Waals surface area contributed by atoms with Crippen LogP contribution < -0.4 is 0 Å². The topological polar surface area (TPSA) is 60.4 Å². The highest BCUT2D eigenvalue weighted by molar-refractivity contribution is 4.48. The number of aliphatic hydroxyl groups excluding tert-OH is 2. The minimum atomic E-state index is -0.856. The lowest BCUT2D eigenvalue weighted by molar-refractivity contribution is 0.0391. The van der Waals surface area contributed by atoms with Crippen LogP contribution in [0.25, 0.3) is 0 Å². The van der Waals surface area contributed by atoms with Crippen LogP contribution in [0.4, 0.5) is 0 Å². The number of rotatable bonds is 3. The van der Waals surface area contributed by atoms with Gasteiger partial charge in [0.2, 0.25) is 0 Å². The summed E-state index contributed by atoms with van der Waals surface area (Å²) in [6.07, 6.45) is -0.659. The smallest absolute Gasteiger partial charge is 0.108 e. The van der Waals surface area contributed by atoms with E-state index in [-0.39, 0.29) is 13.0 Å². The summed E-state index contributed by atoms with van der Waals surface area (Å²) in [6.45, 7) is -0.621. The van der Waals surface area contributed by atoms with Crippen molar-refractivity contribution in [2.75, 3.05) is 13.2 Å². The lowest BCUT2D eigenvalue weighted by atomic mass is 10.3. The van der Waals surface area contributed by atoms with Crippen LogP contribution >= 0.6 is 0 Å². The molecule has 0 heterocycles. The monoisotopic (exact) mass is 105 g/mol. The van der Waals surface area contributed by atoms with E-state index in [1.54, 1.807) is 0 Å². The molecule has 0 aromatic carbocycles. The van der Waals surface area contributed by atoms with Crippen molar-refractivity contribution in [3.05, 3.63) is 0 Å². The molecule has 0 fully saturated rings. The molecule has 0 aromatic rings. The van der Waals surface area contributed by atoms with Gasteiger partial charge >= 0.3 is 0 Å². The maximum atomic E-state index is 9.66. The first-order valence-corrected chi connectivity index (χ1v) is 2.18. The van der Waals surface area contributed by atoms with Crippen LogP contribution in [-0.4, -0.2) is 29.5 Å². The van der Waals surface area contributed by atoms with Gasteiger partial charge in [0.15, 0.2) is 0 Å². The van der Waals surface area contributed by atoms with Gasteiger partial charge in [0.25, 0.3) is 0 Å². The summed E-state index contributed by atoms with van der Waals surface area (Å²) >= 11 is 0. The molecule has 3 heteroatoms. The predicted molar refractivity (Wildman–Crippen MR) is 23.3 cm³/mol. The number of aliphatic hydroxyl groups is 2. The average Bonchev–Trinajstić information content (AvgIpc) is 1.68. The second kappa shape index (κ2) is 4.05. The maximum absolute atomic E-state index is 9.66. The van der Waals surface area contributed by atoms with Crippen molar-refractivity contribution in [1.29, 1.82) is 0 Å². The van der Waals surface area contributed by atoms with Crippen LogP contribution in [0.1, 0.15) is 6.42 Å². The number of hydrogen-bond donors (Lipinski definition) is 2. The quantitative estimate of drug-likeness (QED) is 0.491. The van der Waals surface area contributed by atoms with Gasteiger partial charge in [0.1, 0.15) is 6.61 Å². The molecule has 0 unspecified atom stereocenters. The van der Waals surface area contributed by atoms with Crippen LogP contribution in [0, 0.1) is 0 Å². The van der Waals surface area contributed by atoms with Gasteiger partial charge in [0, 0.05) is 6.61 Å². The highest BCUT2D eigenvalue weighted by Crippen LogP contribution is 1.85. The highest BCUT2D eigenvalue weighted by atomic mass is 16.3. The summed E-state index contributed by atoms with van der Waals surface area (Å²) in [6, 6.07) is 0. The summed E-state index contributed by atoms with van der Waals surface area (Å²) in [7, 11) is 0. The molecule has 0 aliphatic rings. The second-order valence-electron chi connectivity index (χ2n) is 1.33. The molecule has 0 saturated carbocycles. The molecule has 7 heavy (non-hydrogen) atoms. The first-order chi connectivity index (χ1) is 3.31. The van der Waals surface area contributed by atoms with E-state index in [9.17, 15) is 5.11 Å². The largest absolute Gasteiger partial charge is 0.396 e. The molecule has 1 radical (unpaired) electrons. The molecule has 1 atom stereocenters. The summed E-state index contributed by atoms with van der Waals surface area (Å²) in [5, 5.41) is 26.1. The molecule has 0 bridgehead atoms. The molecule has 0 rings (SSSR count). The maximum Gasteiger partial charge on any atom is 0.108 e. The Morgan fingerprint density at radius 1 is 1.57 bits per heavy atom. The van der Waals surface area contributed by atoms with E-state index < -0.39 is 12.7 Å². The van der Waals surface area contributed by atoms with E-state index in [0.717, 1.165) is 0 Å². The van der Waals surface area contributed by atoms with E-state index in [4.69, 9.17) is 10.2 Å². The lowest BCUT2D eigenvalue weighted by Crippen LogP contribution is -2.11. The second-order valence-corrected chi connectivity index (χ2v) is 1.33. The third kappa shape index (κ3) is 3.72. The predicted octanol–water partition coefficient (Wildman–Crippen LogP) is -0.840. The van der Waals surface area contributed by atoms with Crippen molar-refractivity contribution >= 4 is 0 Å². The Hall–Kier alpha value is -0.120. The zero-order valence-corrected chi connectivity index (χ0v) is 4.00. The van der Waals surface area contributed by atoms with E-state index >= 15 is 0 Å². The van der Waals surface area contributed by atoms with Crippen molar-refractivity contribution in [3.8, 4) is 0 Å². The summed E-state index contributed by atoms with van der Waals surface area (Å²) in [5.41, 5.74) is 0. The van der Waals surface area contributed by atoms with Gasteiger partial charge in [-0.2, -0.15) is 0 Å². The van der Waals surface area contributed by atoms with E-state index in [1.807, 2.05) is 0 Å². The number of hydrogen-bond acceptors (Lipinski definition) is 2. The summed E-state index contributed by atoms with van der Waals surface area (Å²) in [4.78, 5) is 0. The molecule has 3 nitrogen and oxygen atoms in total. The SMILES string of the molecule is [O]C[C@H](O)CCO. The molecule has 0 aromatic heterocycles. The Labute approximate surface area is 42.2 Å².